The number of hydrogen-bond acceptors (Lipinski definition) is 5. The fraction of sp³-hybridized carbons (Fsp3) is 0.389. The summed E-state index contributed by atoms with van der Waals surface area (Å²) < 4.78 is 40.1. The molecule has 1 aliphatic rings. The molecule has 0 radical (unpaired) electrons. The zero-order valence-electron chi connectivity index (χ0n) is 14.8. The minimum atomic E-state index is -4.59. The Labute approximate surface area is 154 Å². The average molecular weight is 376 g/mol. The molecule has 0 aliphatic carbocycles. The van der Waals surface area contributed by atoms with Crippen molar-refractivity contribution in [3.63, 3.8) is 0 Å². The molecule has 1 aliphatic heterocycles. The van der Waals surface area contributed by atoms with Crippen LogP contribution in [0.25, 0.3) is 5.78 Å². The highest BCUT2D eigenvalue weighted by molar-refractivity contribution is 5.48. The van der Waals surface area contributed by atoms with E-state index in [1.54, 1.807) is 13.0 Å². The smallest absolute Gasteiger partial charge is 0.354 e. The summed E-state index contributed by atoms with van der Waals surface area (Å²) in [6, 6.07) is 12.0. The Bertz CT molecular complexity index is 929. The molecular weight excluding hydrogens is 357 g/mol. The van der Waals surface area contributed by atoms with Crippen LogP contribution in [0.2, 0.25) is 0 Å². The summed E-state index contributed by atoms with van der Waals surface area (Å²) in [4.78, 5) is 12.0. The van der Waals surface area contributed by atoms with Gasteiger partial charge in [-0.15, -0.1) is 5.10 Å². The molecule has 1 aromatic carbocycles. The van der Waals surface area contributed by atoms with Crippen LogP contribution >= 0.6 is 0 Å². The number of rotatable bonds is 3. The molecule has 1 fully saturated rings. The van der Waals surface area contributed by atoms with Crippen molar-refractivity contribution >= 4 is 11.6 Å². The molecule has 27 heavy (non-hydrogen) atoms. The van der Waals surface area contributed by atoms with Crippen molar-refractivity contribution in [3.05, 3.63) is 53.5 Å². The fourth-order valence-electron chi connectivity index (χ4n) is 3.29. The zero-order chi connectivity index (χ0) is 19.0. The van der Waals surface area contributed by atoms with Gasteiger partial charge in [0.2, 0.25) is 0 Å². The highest BCUT2D eigenvalue weighted by atomic mass is 19.4. The topological polar surface area (TPSA) is 49.6 Å². The predicted molar refractivity (Wildman–Crippen MR) is 94.5 cm³/mol. The molecule has 0 saturated carbocycles. The summed E-state index contributed by atoms with van der Waals surface area (Å²) in [6.07, 6.45) is -4.59. The lowest BCUT2D eigenvalue weighted by molar-refractivity contribution is -0.144. The van der Waals surface area contributed by atoms with Crippen LogP contribution in [0.4, 0.5) is 19.0 Å². The van der Waals surface area contributed by atoms with E-state index < -0.39 is 12.0 Å². The summed E-state index contributed by atoms with van der Waals surface area (Å²) in [7, 11) is 0. The Morgan fingerprint density at radius 2 is 1.70 bits per heavy atom. The Hall–Kier alpha value is -2.68. The lowest BCUT2D eigenvalue weighted by Gasteiger charge is -2.36. The minimum Gasteiger partial charge on any atom is -0.354 e. The zero-order valence-corrected chi connectivity index (χ0v) is 14.8. The van der Waals surface area contributed by atoms with Crippen molar-refractivity contribution < 1.29 is 13.2 Å². The number of aromatic nitrogens is 4. The molecule has 4 rings (SSSR count). The quantitative estimate of drug-likeness (QED) is 0.704. The van der Waals surface area contributed by atoms with Crippen molar-refractivity contribution in [2.45, 2.75) is 19.6 Å². The predicted octanol–water partition coefficient (Wildman–Crippen LogP) is 2.77. The van der Waals surface area contributed by atoms with Crippen LogP contribution in [-0.2, 0) is 12.7 Å². The van der Waals surface area contributed by atoms with E-state index in [1.807, 2.05) is 23.1 Å². The number of hydrogen-bond donors (Lipinski definition) is 0. The molecule has 0 unspecified atom stereocenters. The Morgan fingerprint density at radius 1 is 1.00 bits per heavy atom. The van der Waals surface area contributed by atoms with Crippen LogP contribution in [0.1, 0.15) is 17.1 Å². The highest BCUT2D eigenvalue weighted by Crippen LogP contribution is 2.28. The molecular formula is C18H19F3N6. The van der Waals surface area contributed by atoms with Gasteiger partial charge < -0.3 is 4.90 Å². The van der Waals surface area contributed by atoms with Crippen molar-refractivity contribution in [1.29, 1.82) is 0 Å². The molecule has 3 aromatic rings. The highest BCUT2D eigenvalue weighted by Gasteiger charge is 2.37. The lowest BCUT2D eigenvalue weighted by Crippen LogP contribution is -2.46. The van der Waals surface area contributed by atoms with Gasteiger partial charge in [0.1, 0.15) is 5.82 Å². The first-order chi connectivity index (χ1) is 12.9. The molecule has 142 valence electrons. The van der Waals surface area contributed by atoms with Gasteiger partial charge in [0.15, 0.2) is 0 Å². The molecule has 0 N–H and O–H groups in total. The monoisotopic (exact) mass is 376 g/mol. The van der Waals surface area contributed by atoms with Gasteiger partial charge in [0.05, 0.1) is 0 Å². The van der Waals surface area contributed by atoms with Gasteiger partial charge in [0.25, 0.3) is 11.6 Å². The van der Waals surface area contributed by atoms with Gasteiger partial charge in [-0.3, -0.25) is 4.90 Å². The molecule has 6 nitrogen and oxygen atoms in total. The summed E-state index contributed by atoms with van der Waals surface area (Å²) in [5.74, 6) is -0.589. The number of benzene rings is 1. The van der Waals surface area contributed by atoms with E-state index in [4.69, 9.17) is 0 Å². The molecule has 2 aromatic heterocycles. The number of anilines is 1. The normalized spacial score (nSPS) is 16.2. The van der Waals surface area contributed by atoms with E-state index in [0.29, 0.717) is 24.6 Å². The summed E-state index contributed by atoms with van der Waals surface area (Å²) in [5.41, 5.74) is 1.87. The molecule has 3 heterocycles. The van der Waals surface area contributed by atoms with Gasteiger partial charge >= 0.3 is 6.18 Å². The third-order valence-electron chi connectivity index (χ3n) is 4.62. The van der Waals surface area contributed by atoms with E-state index in [2.05, 4.69) is 32.1 Å². The Kier molecular flexibility index (Phi) is 4.47. The van der Waals surface area contributed by atoms with Crippen LogP contribution in [0.15, 0.2) is 36.4 Å². The largest absolute Gasteiger partial charge is 0.453 e. The van der Waals surface area contributed by atoms with Crippen molar-refractivity contribution in [2.75, 3.05) is 31.1 Å². The number of nitrogens with zero attached hydrogens (tertiary/aromatic N) is 6. The standard InChI is InChI=1S/C18H19F3N6/c1-13-11-15(27-17(22-13)23-16(24-27)18(19,20)21)26-9-7-25(8-10-26)12-14-5-3-2-4-6-14/h2-6,11H,7-10,12H2,1H3. The number of piperazine rings is 1. The van der Waals surface area contributed by atoms with Gasteiger partial charge in [-0.05, 0) is 12.5 Å². The number of fused-ring (bicyclic) bond motifs is 1. The average Bonchev–Trinajstić information content (AvgIpc) is 3.07. The van der Waals surface area contributed by atoms with Crippen LogP contribution in [0.5, 0.6) is 0 Å². The first kappa shape index (κ1) is 17.7. The second-order valence-electron chi connectivity index (χ2n) is 6.65. The maximum absolute atomic E-state index is 13.0. The molecule has 9 heteroatoms. The Morgan fingerprint density at radius 3 is 2.37 bits per heavy atom. The van der Waals surface area contributed by atoms with E-state index in [-0.39, 0.29) is 5.78 Å². The third-order valence-corrected chi connectivity index (χ3v) is 4.62. The maximum atomic E-state index is 13.0. The second kappa shape index (κ2) is 6.80. The molecule has 1 saturated heterocycles. The van der Waals surface area contributed by atoms with Crippen LogP contribution in [0, 0.1) is 6.92 Å². The van der Waals surface area contributed by atoms with Gasteiger partial charge in [-0.2, -0.15) is 22.7 Å². The van der Waals surface area contributed by atoms with Gasteiger partial charge in [-0.25, -0.2) is 4.98 Å². The molecule has 0 spiro atoms. The van der Waals surface area contributed by atoms with Gasteiger partial charge in [0, 0.05) is 44.5 Å². The van der Waals surface area contributed by atoms with Crippen molar-refractivity contribution in [2.24, 2.45) is 0 Å². The first-order valence-electron chi connectivity index (χ1n) is 8.73. The molecule has 0 bridgehead atoms. The summed E-state index contributed by atoms with van der Waals surface area (Å²) in [5, 5.41) is 3.65. The molecule has 0 atom stereocenters. The summed E-state index contributed by atoms with van der Waals surface area (Å²) >= 11 is 0. The van der Waals surface area contributed by atoms with Gasteiger partial charge in [-0.1, -0.05) is 30.3 Å². The maximum Gasteiger partial charge on any atom is 0.453 e. The van der Waals surface area contributed by atoms with Crippen molar-refractivity contribution in [3.8, 4) is 0 Å². The number of alkyl halides is 3. The van der Waals surface area contributed by atoms with Crippen LogP contribution in [-0.4, -0.2) is 50.7 Å². The van der Waals surface area contributed by atoms with Crippen LogP contribution < -0.4 is 4.90 Å². The van der Waals surface area contributed by atoms with E-state index in [9.17, 15) is 13.2 Å². The Balaban J connectivity index is 1.54. The van der Waals surface area contributed by atoms with Crippen LogP contribution in [0.3, 0.4) is 0 Å². The lowest BCUT2D eigenvalue weighted by atomic mass is 10.2. The first-order valence-corrected chi connectivity index (χ1v) is 8.73. The van der Waals surface area contributed by atoms with E-state index in [1.165, 1.54) is 10.1 Å². The molecule has 0 amide bonds. The fourth-order valence-corrected chi connectivity index (χ4v) is 3.29. The number of halogens is 3. The van der Waals surface area contributed by atoms with E-state index in [0.717, 1.165) is 19.6 Å². The van der Waals surface area contributed by atoms with E-state index >= 15 is 0 Å². The summed E-state index contributed by atoms with van der Waals surface area (Å²) in [6.45, 7) is 5.65. The second-order valence-corrected chi connectivity index (χ2v) is 6.65. The number of aryl methyl sites for hydroxylation is 1. The van der Waals surface area contributed by atoms with Crippen molar-refractivity contribution in [1.82, 2.24) is 24.5 Å². The minimum absolute atomic E-state index is 0.0240. The third kappa shape index (κ3) is 3.73. The SMILES string of the molecule is Cc1cc(N2CCN(Cc3ccccc3)CC2)n2nc(C(F)(F)F)nc2n1.